The third kappa shape index (κ3) is 6.91. The van der Waals surface area contributed by atoms with Crippen molar-refractivity contribution in [3.63, 3.8) is 0 Å². The van der Waals surface area contributed by atoms with Crippen LogP contribution in [-0.4, -0.2) is 26.6 Å². The molecule has 0 radical (unpaired) electrons. The van der Waals surface area contributed by atoms with Gasteiger partial charge in [0, 0.05) is 0 Å². The minimum atomic E-state index is -0.794. The Hall–Kier alpha value is -0.0831. The molecule has 0 saturated carbocycles. The van der Waals surface area contributed by atoms with Crippen molar-refractivity contribution in [1.82, 2.24) is 4.57 Å². The predicted octanol–water partition coefficient (Wildman–Crippen LogP) is 3.75. The minimum Gasteiger partial charge on any atom is -0.323 e. The fraction of sp³-hybridized carbons (Fsp3) is 0.846. The maximum Gasteiger partial charge on any atom is 0.135 e. The molecule has 1 atom stereocenters. The molecule has 0 spiro atoms. The summed E-state index contributed by atoms with van der Waals surface area (Å²) in [7, 11) is -0.794. The minimum absolute atomic E-state index is 0.794. The zero-order chi connectivity index (χ0) is 11.5. The lowest BCUT2D eigenvalue weighted by molar-refractivity contribution is 0.411. The van der Waals surface area contributed by atoms with E-state index >= 15 is 0 Å². The largest absolute Gasteiger partial charge is 0.323 e. The smallest absolute Gasteiger partial charge is 0.135 e. The fourth-order valence-corrected chi connectivity index (χ4v) is 4.43. The quantitative estimate of drug-likeness (QED) is 0.514. The first-order valence-corrected chi connectivity index (χ1v) is 8.66. The van der Waals surface area contributed by atoms with Crippen molar-refractivity contribution >= 4 is 8.96 Å². The number of hydrogen-bond donors (Lipinski definition) is 0. The van der Waals surface area contributed by atoms with E-state index in [9.17, 15) is 0 Å². The van der Waals surface area contributed by atoms with Gasteiger partial charge in [-0.1, -0.05) is 45.7 Å². The Labute approximate surface area is 98.2 Å². The van der Waals surface area contributed by atoms with Crippen molar-refractivity contribution in [2.24, 2.45) is 0 Å². The molecule has 2 heteroatoms. The van der Waals surface area contributed by atoms with Crippen LogP contribution in [0.4, 0.5) is 0 Å². The molecule has 0 rings (SSSR count). The van der Waals surface area contributed by atoms with Crippen molar-refractivity contribution < 1.29 is 0 Å². The van der Waals surface area contributed by atoms with Gasteiger partial charge < -0.3 is 4.57 Å². The lowest BCUT2D eigenvalue weighted by atomic mass is 10.3. The first-order valence-electron chi connectivity index (χ1n) is 6.66. The van der Waals surface area contributed by atoms with E-state index in [-0.39, 0.29) is 0 Å². The van der Waals surface area contributed by atoms with Gasteiger partial charge in [0.2, 0.25) is 0 Å². The highest BCUT2D eigenvalue weighted by Crippen LogP contribution is 2.08. The van der Waals surface area contributed by atoms with E-state index in [1.54, 1.807) is 0 Å². The Balaban J connectivity index is 4.08. The van der Waals surface area contributed by atoms with Crippen LogP contribution >= 0.6 is 0 Å². The molecule has 0 aromatic heterocycles. The van der Waals surface area contributed by atoms with Crippen LogP contribution in [0.1, 0.15) is 52.9 Å². The Morgan fingerprint density at radius 1 is 1.00 bits per heavy atom. The molecule has 0 aliphatic carbocycles. The van der Waals surface area contributed by atoms with Crippen LogP contribution in [0.5, 0.6) is 0 Å². The molecule has 0 aromatic rings. The van der Waals surface area contributed by atoms with Gasteiger partial charge in [0.15, 0.2) is 0 Å². The van der Waals surface area contributed by atoms with Gasteiger partial charge in [0.1, 0.15) is 8.96 Å². The summed E-state index contributed by atoms with van der Waals surface area (Å²) in [4.78, 5) is 0. The third-order valence-corrected chi connectivity index (χ3v) is 6.09. The summed E-state index contributed by atoms with van der Waals surface area (Å²) in [6.45, 7) is 13.5. The van der Waals surface area contributed by atoms with E-state index in [1.165, 1.54) is 51.2 Å². The van der Waals surface area contributed by atoms with Crippen molar-refractivity contribution in [3.05, 3.63) is 12.3 Å². The van der Waals surface area contributed by atoms with Crippen LogP contribution < -0.4 is 0 Å². The van der Waals surface area contributed by atoms with E-state index < -0.39 is 8.96 Å². The average Bonchev–Trinajstić information content (AvgIpc) is 2.27. The summed E-state index contributed by atoms with van der Waals surface area (Å²) in [5.74, 6) is 0. The molecule has 15 heavy (non-hydrogen) atoms. The molecule has 90 valence electrons. The Morgan fingerprint density at radius 2 is 1.53 bits per heavy atom. The summed E-state index contributed by atoms with van der Waals surface area (Å²) >= 11 is 0. The standard InChI is InChI=1S/C13H29NSi/c1-5-9-11-14(12-10-6-2)15(8-4)13-7-3/h8,15H,4-7,9-13H2,1-3H3. The van der Waals surface area contributed by atoms with E-state index in [1.807, 2.05) is 0 Å². The second-order valence-corrected chi connectivity index (χ2v) is 7.25. The van der Waals surface area contributed by atoms with Crippen molar-refractivity contribution in [1.29, 1.82) is 0 Å². The maximum atomic E-state index is 4.04. The summed E-state index contributed by atoms with van der Waals surface area (Å²) < 4.78 is 2.75. The predicted molar refractivity (Wildman–Crippen MR) is 73.8 cm³/mol. The zero-order valence-corrected chi connectivity index (χ0v) is 12.1. The SMILES string of the molecule is C=C[SiH](CCC)N(CCCC)CCCC. The molecule has 0 aliphatic rings. The molecule has 0 amide bonds. The summed E-state index contributed by atoms with van der Waals surface area (Å²) in [6, 6.07) is 1.40. The molecule has 0 fully saturated rings. The lowest BCUT2D eigenvalue weighted by Crippen LogP contribution is -2.39. The van der Waals surface area contributed by atoms with E-state index in [2.05, 4.69) is 37.6 Å². The number of rotatable bonds is 10. The van der Waals surface area contributed by atoms with E-state index in [4.69, 9.17) is 0 Å². The van der Waals surface area contributed by atoms with E-state index in [0.29, 0.717) is 0 Å². The molecule has 1 nitrogen and oxygen atoms in total. The van der Waals surface area contributed by atoms with Crippen LogP contribution in [0.3, 0.4) is 0 Å². The maximum absolute atomic E-state index is 4.04. The first-order chi connectivity index (χ1) is 7.29. The van der Waals surface area contributed by atoms with Gasteiger partial charge in [-0.15, -0.1) is 6.58 Å². The van der Waals surface area contributed by atoms with Gasteiger partial charge >= 0.3 is 0 Å². The van der Waals surface area contributed by atoms with Gasteiger partial charge in [-0.2, -0.15) is 0 Å². The summed E-state index contributed by atoms with van der Waals surface area (Å²) in [5, 5.41) is 0. The molecular formula is C13H29NSi. The highest BCUT2D eigenvalue weighted by Gasteiger charge is 2.14. The van der Waals surface area contributed by atoms with Crippen LogP contribution in [0.25, 0.3) is 0 Å². The molecular weight excluding hydrogens is 198 g/mol. The van der Waals surface area contributed by atoms with Crippen LogP contribution in [-0.2, 0) is 0 Å². The molecule has 0 bridgehead atoms. The topological polar surface area (TPSA) is 3.24 Å². The second-order valence-electron chi connectivity index (χ2n) is 4.33. The van der Waals surface area contributed by atoms with Crippen LogP contribution in [0.15, 0.2) is 12.3 Å². The normalized spacial score (nSPS) is 13.1. The van der Waals surface area contributed by atoms with Crippen molar-refractivity contribution in [2.75, 3.05) is 13.1 Å². The summed E-state index contributed by atoms with van der Waals surface area (Å²) in [6.07, 6.45) is 6.65. The summed E-state index contributed by atoms with van der Waals surface area (Å²) in [5.41, 5.74) is 2.27. The van der Waals surface area contributed by atoms with Gasteiger partial charge in [-0.25, -0.2) is 0 Å². The van der Waals surface area contributed by atoms with Crippen LogP contribution in [0.2, 0.25) is 6.04 Å². The highest BCUT2D eigenvalue weighted by atomic mass is 28.3. The van der Waals surface area contributed by atoms with Crippen LogP contribution in [0, 0.1) is 0 Å². The lowest BCUT2D eigenvalue weighted by Gasteiger charge is -2.28. The average molecular weight is 227 g/mol. The number of nitrogens with zero attached hydrogens (tertiary/aromatic N) is 1. The van der Waals surface area contributed by atoms with E-state index in [0.717, 1.165) is 0 Å². The number of unbranched alkanes of at least 4 members (excludes halogenated alkanes) is 2. The Kier molecular flexibility index (Phi) is 10.4. The van der Waals surface area contributed by atoms with Crippen molar-refractivity contribution in [2.45, 2.75) is 58.9 Å². The highest BCUT2D eigenvalue weighted by molar-refractivity contribution is 6.61. The monoisotopic (exact) mass is 227 g/mol. The molecule has 0 N–H and O–H groups in total. The van der Waals surface area contributed by atoms with Gasteiger partial charge in [-0.05, 0) is 32.0 Å². The van der Waals surface area contributed by atoms with Crippen molar-refractivity contribution in [3.8, 4) is 0 Å². The first kappa shape index (κ1) is 14.9. The zero-order valence-electron chi connectivity index (χ0n) is 11.0. The second kappa shape index (κ2) is 10.4. The molecule has 1 unspecified atom stereocenters. The molecule has 0 aliphatic heterocycles. The Morgan fingerprint density at radius 3 is 1.87 bits per heavy atom. The van der Waals surface area contributed by atoms with Gasteiger partial charge in [0.25, 0.3) is 0 Å². The Bertz CT molecular complexity index is 139. The molecule has 0 aromatic carbocycles. The van der Waals surface area contributed by atoms with Gasteiger partial charge in [-0.3, -0.25) is 0 Å². The molecule has 0 heterocycles. The van der Waals surface area contributed by atoms with Gasteiger partial charge in [0.05, 0.1) is 0 Å². The third-order valence-electron chi connectivity index (χ3n) is 2.92. The molecule has 0 saturated heterocycles. The fourth-order valence-electron chi connectivity index (χ4n) is 1.91. The number of hydrogen-bond acceptors (Lipinski definition) is 1.